The monoisotopic (exact) mass is 706 g/mol. The molecule has 1 aliphatic heterocycles. The molecule has 46 heavy (non-hydrogen) atoms. The molecule has 14 nitrogen and oxygen atoms in total. The summed E-state index contributed by atoms with van der Waals surface area (Å²) in [5, 5.41) is 5.60. The summed E-state index contributed by atoms with van der Waals surface area (Å²) < 4.78 is 57.0. The van der Waals surface area contributed by atoms with Gasteiger partial charge in [-0.05, 0) is 61.9 Å². The molecule has 0 bridgehead atoms. The van der Waals surface area contributed by atoms with Gasteiger partial charge >= 0.3 is 7.82 Å². The maximum atomic E-state index is 14.1. The van der Waals surface area contributed by atoms with Crippen LogP contribution in [0.1, 0.15) is 12.8 Å². The van der Waals surface area contributed by atoms with Crippen LogP contribution in [0.2, 0.25) is 5.02 Å². The van der Waals surface area contributed by atoms with E-state index in [0.29, 0.717) is 51.3 Å². The fourth-order valence-electron chi connectivity index (χ4n) is 5.02. The molecule has 1 fully saturated rings. The molecular weight excluding hydrogens is 679 g/mol. The summed E-state index contributed by atoms with van der Waals surface area (Å²) in [5.74, 6) is 0.438. The molecule has 18 heteroatoms. The van der Waals surface area contributed by atoms with Crippen molar-refractivity contribution in [2.24, 2.45) is 0 Å². The van der Waals surface area contributed by atoms with Crippen molar-refractivity contribution in [3.8, 4) is 28.4 Å². The molecule has 1 aliphatic rings. The Morgan fingerprint density at radius 3 is 2.72 bits per heavy atom. The minimum absolute atomic E-state index is 0.0315. The van der Waals surface area contributed by atoms with Crippen LogP contribution in [0.25, 0.3) is 27.6 Å². The zero-order valence-electron chi connectivity index (χ0n) is 24.0. The molecule has 5 aromatic rings. The molecule has 0 spiro atoms. The molecular formula is C28H28ClN6O8PS2. The average molecular weight is 707 g/mol. The normalized spacial score (nSPS) is 15.7. The lowest BCUT2D eigenvalue weighted by atomic mass is 10.1. The summed E-state index contributed by atoms with van der Waals surface area (Å²) >= 11 is 7.48. The molecule has 2 aromatic carbocycles. The SMILES string of the molecule is O=P(O)(O)OCOCOc1cccc(-c2nc3sccn3c2-c2ccnc(N(C3CCCNC3)S(=O)(=O)c3ccc(Cl)cc3)n2)c1. The highest BCUT2D eigenvalue weighted by Gasteiger charge is 2.35. The number of nitrogens with one attached hydrogen (secondary N) is 1. The van der Waals surface area contributed by atoms with Gasteiger partial charge < -0.3 is 24.6 Å². The van der Waals surface area contributed by atoms with Crippen LogP contribution in [-0.2, 0) is 23.8 Å². The molecule has 3 N–H and O–H groups in total. The first-order valence-electron chi connectivity index (χ1n) is 13.9. The van der Waals surface area contributed by atoms with Crippen LogP contribution >= 0.6 is 30.8 Å². The molecule has 3 aromatic heterocycles. The van der Waals surface area contributed by atoms with Crippen molar-refractivity contribution in [1.29, 1.82) is 0 Å². The Bertz CT molecular complexity index is 1980. The molecule has 0 saturated carbocycles. The van der Waals surface area contributed by atoms with Crippen molar-refractivity contribution < 1.29 is 36.8 Å². The van der Waals surface area contributed by atoms with Crippen molar-refractivity contribution >= 4 is 51.7 Å². The number of ether oxygens (including phenoxy) is 2. The predicted molar refractivity (Wildman–Crippen MR) is 171 cm³/mol. The van der Waals surface area contributed by atoms with E-state index in [4.69, 9.17) is 40.8 Å². The molecule has 0 aliphatic carbocycles. The van der Waals surface area contributed by atoms with Crippen molar-refractivity contribution in [2.75, 3.05) is 31.0 Å². The number of phosphoric ester groups is 1. The third kappa shape index (κ3) is 7.25. The largest absolute Gasteiger partial charge is 0.471 e. The first kappa shape index (κ1) is 32.5. The number of fused-ring (bicyclic) bond motifs is 1. The number of hydrogen-bond donors (Lipinski definition) is 3. The second-order valence-corrected chi connectivity index (χ2v) is 14.5. The number of aromatic nitrogens is 4. The van der Waals surface area contributed by atoms with Gasteiger partial charge in [-0.3, -0.25) is 8.92 Å². The summed E-state index contributed by atoms with van der Waals surface area (Å²) in [4.78, 5) is 32.4. The number of imidazole rings is 1. The molecule has 4 heterocycles. The number of nitrogens with zero attached hydrogens (tertiary/aromatic N) is 5. The van der Waals surface area contributed by atoms with Gasteiger partial charge in [0, 0.05) is 34.9 Å². The maximum Gasteiger partial charge on any atom is 0.471 e. The van der Waals surface area contributed by atoms with Gasteiger partial charge in [-0.25, -0.2) is 32.2 Å². The Morgan fingerprint density at radius 2 is 1.96 bits per heavy atom. The summed E-state index contributed by atoms with van der Waals surface area (Å²) in [5.41, 5.74) is 2.32. The highest BCUT2D eigenvalue weighted by atomic mass is 35.5. The number of benzene rings is 2. The number of rotatable bonds is 12. The van der Waals surface area contributed by atoms with E-state index in [-0.39, 0.29) is 17.6 Å². The Labute approximate surface area is 272 Å². The predicted octanol–water partition coefficient (Wildman–Crippen LogP) is 4.54. The van der Waals surface area contributed by atoms with Crippen LogP contribution in [0.3, 0.4) is 0 Å². The number of halogens is 1. The molecule has 1 saturated heterocycles. The lowest BCUT2D eigenvalue weighted by molar-refractivity contribution is -0.0623. The van der Waals surface area contributed by atoms with Crippen molar-refractivity contribution in [1.82, 2.24) is 24.7 Å². The zero-order chi connectivity index (χ0) is 32.3. The van der Waals surface area contributed by atoms with Gasteiger partial charge in [0.2, 0.25) is 5.95 Å². The van der Waals surface area contributed by atoms with E-state index < -0.39 is 30.7 Å². The van der Waals surface area contributed by atoms with Gasteiger partial charge in [-0.15, -0.1) is 11.3 Å². The van der Waals surface area contributed by atoms with Crippen LogP contribution in [0.4, 0.5) is 5.95 Å². The topological polar surface area (TPSA) is 178 Å². The number of sulfonamides is 1. The number of anilines is 1. The third-order valence-corrected chi connectivity index (χ3v) is 10.3. The Balaban J connectivity index is 1.36. The summed E-state index contributed by atoms with van der Waals surface area (Å²) in [6.45, 7) is 0.258. The highest BCUT2D eigenvalue weighted by molar-refractivity contribution is 7.92. The minimum Gasteiger partial charge on any atom is -0.467 e. The van der Waals surface area contributed by atoms with E-state index in [9.17, 15) is 13.0 Å². The fraction of sp³-hybridized carbons (Fsp3) is 0.250. The molecule has 6 rings (SSSR count). The van der Waals surface area contributed by atoms with Crippen LogP contribution < -0.4 is 14.4 Å². The quantitative estimate of drug-likeness (QED) is 0.0939. The van der Waals surface area contributed by atoms with E-state index >= 15 is 0 Å². The van der Waals surface area contributed by atoms with E-state index in [1.807, 2.05) is 22.0 Å². The maximum absolute atomic E-state index is 14.1. The Kier molecular flexibility index (Phi) is 9.70. The third-order valence-electron chi connectivity index (χ3n) is 7.04. The Hall–Kier alpha value is -3.44. The van der Waals surface area contributed by atoms with Crippen LogP contribution in [-0.4, -0.2) is 70.3 Å². The van der Waals surface area contributed by atoms with Crippen LogP contribution in [0.15, 0.2) is 77.3 Å². The first-order valence-corrected chi connectivity index (χ1v) is 18.1. The second kappa shape index (κ2) is 13.7. The van der Waals surface area contributed by atoms with Gasteiger partial charge in [0.15, 0.2) is 18.5 Å². The van der Waals surface area contributed by atoms with E-state index in [1.54, 1.807) is 24.3 Å². The summed E-state index contributed by atoms with van der Waals surface area (Å²) in [7, 11) is -8.73. The standard InChI is InChI=1S/C28H28ClN6O8PS2/c29-20-6-8-23(9-7-20)46(39,40)35(21-4-2-11-30-16-21)27-31-12-10-24(32-27)26-25(33-28-34(26)13-14-45-28)19-3-1-5-22(15-19)42-17-41-18-43-44(36,37)38/h1,3,5-10,12-15,21,30H,2,4,11,16-18H2,(H2,36,37,38). The van der Waals surface area contributed by atoms with E-state index in [1.165, 1.54) is 46.1 Å². The fourth-order valence-corrected chi connectivity index (χ4v) is 7.66. The first-order chi connectivity index (χ1) is 22.1. The highest BCUT2D eigenvalue weighted by Crippen LogP contribution is 2.37. The average Bonchev–Trinajstić information content (AvgIpc) is 3.63. The number of hydrogen-bond acceptors (Lipinski definition) is 11. The van der Waals surface area contributed by atoms with Crippen molar-refractivity contribution in [3.63, 3.8) is 0 Å². The van der Waals surface area contributed by atoms with Crippen molar-refractivity contribution in [2.45, 2.75) is 23.8 Å². The van der Waals surface area contributed by atoms with E-state index in [0.717, 1.165) is 13.0 Å². The van der Waals surface area contributed by atoms with Crippen LogP contribution in [0.5, 0.6) is 5.75 Å². The molecule has 0 amide bonds. The van der Waals surface area contributed by atoms with Gasteiger partial charge in [-0.1, -0.05) is 23.7 Å². The second-order valence-electron chi connectivity index (χ2n) is 10.1. The molecule has 1 unspecified atom stereocenters. The van der Waals surface area contributed by atoms with Gasteiger partial charge in [0.25, 0.3) is 10.0 Å². The van der Waals surface area contributed by atoms with Gasteiger partial charge in [0.1, 0.15) is 11.4 Å². The zero-order valence-corrected chi connectivity index (χ0v) is 27.3. The van der Waals surface area contributed by atoms with Gasteiger partial charge in [0.05, 0.1) is 22.3 Å². The smallest absolute Gasteiger partial charge is 0.467 e. The summed E-state index contributed by atoms with van der Waals surface area (Å²) in [6.07, 6.45) is 4.81. The molecule has 242 valence electrons. The number of piperidine rings is 1. The number of thiazole rings is 1. The van der Waals surface area contributed by atoms with Crippen LogP contribution in [0, 0.1) is 0 Å². The van der Waals surface area contributed by atoms with E-state index in [2.05, 4.69) is 14.8 Å². The Morgan fingerprint density at radius 1 is 1.13 bits per heavy atom. The molecule has 0 radical (unpaired) electrons. The lowest BCUT2D eigenvalue weighted by Gasteiger charge is -2.33. The summed E-state index contributed by atoms with van der Waals surface area (Å²) in [6, 6.07) is 14.3. The van der Waals surface area contributed by atoms with Gasteiger partial charge in [-0.2, -0.15) is 0 Å². The number of phosphoric acid groups is 1. The lowest BCUT2D eigenvalue weighted by Crippen LogP contribution is -2.49. The van der Waals surface area contributed by atoms with Crippen molar-refractivity contribution in [3.05, 3.63) is 77.4 Å². The minimum atomic E-state index is -4.66. The molecule has 1 atom stereocenters.